The first-order valence-electron chi connectivity index (χ1n) is 7.92. The number of nitrogens with zero attached hydrogens (tertiary/aromatic N) is 5. The maximum atomic E-state index is 14.0. The van der Waals surface area contributed by atoms with Crippen molar-refractivity contribution in [1.82, 2.24) is 24.6 Å². The summed E-state index contributed by atoms with van der Waals surface area (Å²) in [6, 6.07) is 4.27. The molecule has 0 aliphatic carbocycles. The first-order chi connectivity index (χ1) is 12.9. The molecule has 27 heavy (non-hydrogen) atoms. The topological polar surface area (TPSA) is 63.9 Å². The number of carbonyl (C=O) groups excluding carboxylic acids is 1. The summed E-state index contributed by atoms with van der Waals surface area (Å²) in [5.41, 5.74) is 0.0639. The van der Waals surface area contributed by atoms with E-state index in [1.165, 1.54) is 11.0 Å². The number of carbonyl (C=O) groups is 1. The van der Waals surface area contributed by atoms with Gasteiger partial charge >= 0.3 is 0 Å². The van der Waals surface area contributed by atoms with Crippen molar-refractivity contribution in [3.05, 3.63) is 64.3 Å². The number of halogens is 4. The van der Waals surface area contributed by atoms with E-state index in [1.54, 1.807) is 4.57 Å². The van der Waals surface area contributed by atoms with Crippen LogP contribution in [0.2, 0.25) is 5.02 Å². The van der Waals surface area contributed by atoms with Crippen LogP contribution in [0.3, 0.4) is 0 Å². The Balaban J connectivity index is 1.61. The zero-order chi connectivity index (χ0) is 19.1. The van der Waals surface area contributed by atoms with Crippen LogP contribution in [-0.4, -0.2) is 37.1 Å². The van der Waals surface area contributed by atoms with E-state index in [2.05, 4.69) is 15.2 Å². The van der Waals surface area contributed by atoms with Crippen molar-refractivity contribution in [3.8, 4) is 11.5 Å². The Kier molecular flexibility index (Phi) is 4.31. The molecule has 2 aromatic heterocycles. The van der Waals surface area contributed by atoms with Crippen LogP contribution in [0.1, 0.15) is 16.2 Å². The number of pyridine rings is 1. The summed E-state index contributed by atoms with van der Waals surface area (Å²) in [6.07, 6.45) is 0.898. The molecule has 0 fully saturated rings. The molecule has 1 amide bonds. The molecule has 138 valence electrons. The van der Waals surface area contributed by atoms with Crippen LogP contribution in [-0.2, 0) is 13.1 Å². The number of hydrogen-bond donors (Lipinski definition) is 0. The molecule has 1 aliphatic rings. The first-order valence-corrected chi connectivity index (χ1v) is 8.29. The van der Waals surface area contributed by atoms with Gasteiger partial charge in [0.25, 0.3) is 5.91 Å². The van der Waals surface area contributed by atoms with Gasteiger partial charge in [0, 0.05) is 19.2 Å². The lowest BCUT2D eigenvalue weighted by Crippen LogP contribution is -2.38. The molecular weight excluding hydrogens is 383 g/mol. The predicted octanol–water partition coefficient (Wildman–Crippen LogP) is 3.07. The fourth-order valence-corrected chi connectivity index (χ4v) is 3.17. The number of fused-ring (bicyclic) bond motifs is 1. The Morgan fingerprint density at radius 2 is 1.89 bits per heavy atom. The van der Waals surface area contributed by atoms with Gasteiger partial charge in [-0.1, -0.05) is 11.6 Å². The fourth-order valence-electron chi connectivity index (χ4n) is 2.92. The lowest BCUT2D eigenvalue weighted by molar-refractivity contribution is 0.0708. The third-order valence-corrected chi connectivity index (χ3v) is 4.53. The molecule has 0 saturated carbocycles. The molecule has 3 heterocycles. The van der Waals surface area contributed by atoms with Crippen molar-refractivity contribution in [1.29, 1.82) is 0 Å². The lowest BCUT2D eigenvalue weighted by Gasteiger charge is -2.28. The van der Waals surface area contributed by atoms with Crippen molar-refractivity contribution in [2.24, 2.45) is 0 Å². The Morgan fingerprint density at radius 3 is 2.63 bits per heavy atom. The van der Waals surface area contributed by atoms with E-state index in [4.69, 9.17) is 11.6 Å². The average molecular weight is 394 g/mol. The van der Waals surface area contributed by atoms with Gasteiger partial charge in [-0.3, -0.25) is 4.79 Å². The highest BCUT2D eigenvalue weighted by Crippen LogP contribution is 2.25. The van der Waals surface area contributed by atoms with Gasteiger partial charge < -0.3 is 9.47 Å². The van der Waals surface area contributed by atoms with E-state index in [0.29, 0.717) is 12.4 Å². The van der Waals surface area contributed by atoms with Gasteiger partial charge in [-0.05, 0) is 18.2 Å². The van der Waals surface area contributed by atoms with Crippen molar-refractivity contribution in [2.75, 3.05) is 6.54 Å². The summed E-state index contributed by atoms with van der Waals surface area (Å²) in [6.45, 7) is 0.691. The van der Waals surface area contributed by atoms with E-state index >= 15 is 0 Å². The third-order valence-electron chi connectivity index (χ3n) is 4.22. The second-order valence-electron chi connectivity index (χ2n) is 5.93. The average Bonchev–Trinajstić information content (AvgIpc) is 3.04. The molecule has 1 aliphatic heterocycles. The van der Waals surface area contributed by atoms with Crippen LogP contribution < -0.4 is 0 Å². The Labute approximate surface area is 156 Å². The first kappa shape index (κ1) is 17.5. The fraction of sp³-hybridized carbons (Fsp3) is 0.176. The van der Waals surface area contributed by atoms with Crippen LogP contribution in [0.4, 0.5) is 13.2 Å². The van der Waals surface area contributed by atoms with Gasteiger partial charge in [0.1, 0.15) is 17.3 Å². The zero-order valence-electron chi connectivity index (χ0n) is 13.7. The number of rotatable bonds is 2. The van der Waals surface area contributed by atoms with Crippen LogP contribution in [0.25, 0.3) is 11.5 Å². The summed E-state index contributed by atoms with van der Waals surface area (Å²) in [7, 11) is 0. The van der Waals surface area contributed by atoms with E-state index in [0.717, 1.165) is 24.4 Å². The van der Waals surface area contributed by atoms with Gasteiger partial charge in [-0.15, -0.1) is 10.2 Å². The van der Waals surface area contributed by atoms with Gasteiger partial charge in [0.2, 0.25) is 0 Å². The maximum absolute atomic E-state index is 14.0. The predicted molar refractivity (Wildman–Crippen MR) is 89.3 cm³/mol. The number of aromatic nitrogens is 4. The highest BCUT2D eigenvalue weighted by molar-refractivity contribution is 6.33. The Bertz CT molecular complexity index is 1060. The minimum atomic E-state index is -0.846. The minimum Gasteiger partial charge on any atom is -0.329 e. The highest BCUT2D eigenvalue weighted by atomic mass is 35.5. The molecule has 0 saturated heterocycles. The SMILES string of the molecule is O=C(c1ccc(F)cc1Cl)N1CCn2c(nnc2-c2ncc(F)cc2F)C1. The lowest BCUT2D eigenvalue weighted by atomic mass is 10.1. The summed E-state index contributed by atoms with van der Waals surface area (Å²) in [5.74, 6) is -1.96. The van der Waals surface area contributed by atoms with Crippen LogP contribution in [0, 0.1) is 17.5 Å². The molecule has 0 unspecified atom stereocenters. The quantitative estimate of drug-likeness (QED) is 0.671. The largest absolute Gasteiger partial charge is 0.329 e. The van der Waals surface area contributed by atoms with Gasteiger partial charge in [0.05, 0.1) is 23.3 Å². The van der Waals surface area contributed by atoms with Crippen LogP contribution >= 0.6 is 11.6 Å². The molecule has 0 N–H and O–H groups in total. The maximum Gasteiger partial charge on any atom is 0.255 e. The van der Waals surface area contributed by atoms with Gasteiger partial charge in [-0.2, -0.15) is 0 Å². The van der Waals surface area contributed by atoms with Crippen molar-refractivity contribution >= 4 is 17.5 Å². The van der Waals surface area contributed by atoms with Crippen molar-refractivity contribution < 1.29 is 18.0 Å². The molecule has 0 atom stereocenters. The monoisotopic (exact) mass is 393 g/mol. The van der Waals surface area contributed by atoms with E-state index in [1.807, 2.05) is 0 Å². The molecule has 0 radical (unpaired) electrons. The van der Waals surface area contributed by atoms with E-state index in [9.17, 15) is 18.0 Å². The van der Waals surface area contributed by atoms with Crippen LogP contribution in [0.15, 0.2) is 30.5 Å². The summed E-state index contributed by atoms with van der Waals surface area (Å²) >= 11 is 5.96. The third kappa shape index (κ3) is 3.14. The van der Waals surface area contributed by atoms with E-state index < -0.39 is 17.5 Å². The second kappa shape index (κ2) is 6.66. The summed E-state index contributed by atoms with van der Waals surface area (Å²) in [4.78, 5) is 17.9. The van der Waals surface area contributed by atoms with Crippen LogP contribution in [0.5, 0.6) is 0 Å². The zero-order valence-corrected chi connectivity index (χ0v) is 14.4. The number of hydrogen-bond acceptors (Lipinski definition) is 4. The van der Waals surface area contributed by atoms with E-state index in [-0.39, 0.29) is 41.1 Å². The normalized spacial score (nSPS) is 13.6. The minimum absolute atomic E-state index is 0.0188. The number of benzene rings is 1. The molecule has 6 nitrogen and oxygen atoms in total. The molecule has 10 heteroatoms. The smallest absolute Gasteiger partial charge is 0.255 e. The van der Waals surface area contributed by atoms with Crippen molar-refractivity contribution in [3.63, 3.8) is 0 Å². The molecule has 3 aromatic rings. The Morgan fingerprint density at radius 1 is 1.07 bits per heavy atom. The van der Waals surface area contributed by atoms with Gasteiger partial charge in [0.15, 0.2) is 17.5 Å². The molecule has 1 aromatic carbocycles. The molecule has 0 spiro atoms. The highest BCUT2D eigenvalue weighted by Gasteiger charge is 2.28. The second-order valence-corrected chi connectivity index (χ2v) is 6.33. The standard InChI is InChI=1S/C17H11ClF3N5O/c18-12-5-9(19)1-2-11(12)17(27)25-3-4-26-14(8-25)23-24-16(26)15-13(21)6-10(20)7-22-15/h1-2,5-7H,3-4,8H2. The molecule has 4 rings (SSSR count). The Hall–Kier alpha value is -2.94. The summed E-state index contributed by atoms with van der Waals surface area (Å²) < 4.78 is 41.9. The summed E-state index contributed by atoms with van der Waals surface area (Å²) in [5, 5.41) is 7.93. The number of amides is 1. The van der Waals surface area contributed by atoms with Gasteiger partial charge in [-0.25, -0.2) is 18.2 Å². The van der Waals surface area contributed by atoms with Crippen molar-refractivity contribution in [2.45, 2.75) is 13.1 Å². The molecule has 0 bridgehead atoms. The molecular formula is C17H11ClF3N5O.